The van der Waals surface area contributed by atoms with E-state index in [1.165, 1.54) is 22.6 Å². The van der Waals surface area contributed by atoms with Gasteiger partial charge in [-0.1, -0.05) is 30.3 Å². The van der Waals surface area contributed by atoms with Crippen molar-refractivity contribution in [2.75, 3.05) is 7.05 Å². The Morgan fingerprint density at radius 2 is 1.88 bits per heavy atom. The minimum atomic E-state index is -1.08. The van der Waals surface area contributed by atoms with Gasteiger partial charge in [-0.15, -0.1) is 11.3 Å². The minimum absolute atomic E-state index is 0.0897. The molecule has 2 N–H and O–H groups in total. The molecule has 124 valence electrons. The maximum Gasteiger partial charge on any atom is 0.265 e. The fraction of sp³-hybridized carbons (Fsp3) is 0.111. The summed E-state index contributed by atoms with van der Waals surface area (Å²) in [5.74, 6) is -0.0757. The van der Waals surface area contributed by atoms with Crippen molar-refractivity contribution in [2.24, 2.45) is 0 Å². The molecular weight excluding hydrogens is 334 g/mol. The highest BCUT2D eigenvalue weighted by atomic mass is 32.1. The smallest absolute Gasteiger partial charge is 0.265 e. The maximum atomic E-state index is 13.1. The maximum absolute atomic E-state index is 13.1. The van der Waals surface area contributed by atoms with Gasteiger partial charge in [0, 0.05) is 29.9 Å². The number of nitrogens with one attached hydrogen (secondary N) is 2. The molecule has 0 bridgehead atoms. The second-order valence-corrected chi connectivity index (χ2v) is 6.69. The molecule has 7 heteroatoms. The van der Waals surface area contributed by atoms with Gasteiger partial charge in [0.25, 0.3) is 5.91 Å². The molecule has 0 saturated carbocycles. The van der Waals surface area contributed by atoms with Gasteiger partial charge in [-0.25, -0.2) is 9.97 Å². The van der Waals surface area contributed by atoms with Gasteiger partial charge >= 0.3 is 0 Å². The number of likely N-dealkylation sites (N-methyl/N-ethyl adjacent to an activating group) is 1. The van der Waals surface area contributed by atoms with Crippen molar-refractivity contribution in [3.63, 3.8) is 0 Å². The number of hydrogen-bond donors (Lipinski definition) is 2. The third-order valence-corrected chi connectivity index (χ3v) is 5.39. The molecule has 1 aromatic carbocycles. The zero-order valence-electron chi connectivity index (χ0n) is 13.4. The standard InChI is InChI=1S/C18H15N5OS/c1-23-16(24)18(22-17(23)19,14-5-3-2-4-6-14)15-7-12(10-25-15)13-8-20-11-21-9-13/h2-11H,1H3,(H2,19,22). The van der Waals surface area contributed by atoms with Crippen molar-refractivity contribution >= 4 is 23.2 Å². The second-order valence-electron chi connectivity index (χ2n) is 5.78. The van der Waals surface area contributed by atoms with E-state index in [0.29, 0.717) is 0 Å². The zero-order chi connectivity index (χ0) is 17.4. The summed E-state index contributed by atoms with van der Waals surface area (Å²) in [6.07, 6.45) is 4.97. The number of guanidine groups is 1. The number of thiophene rings is 1. The first-order valence-electron chi connectivity index (χ1n) is 7.68. The fourth-order valence-electron chi connectivity index (χ4n) is 2.99. The van der Waals surface area contributed by atoms with Crippen molar-refractivity contribution in [3.05, 3.63) is 70.9 Å². The SMILES string of the molecule is CN1C(=N)NC(c2ccccc2)(c2cc(-c3cncnc3)cs2)C1=O. The van der Waals surface area contributed by atoms with E-state index in [4.69, 9.17) is 5.41 Å². The molecule has 1 saturated heterocycles. The molecule has 0 radical (unpaired) electrons. The molecule has 4 rings (SSSR count). The molecule has 1 unspecified atom stereocenters. The Hall–Kier alpha value is -3.06. The van der Waals surface area contributed by atoms with E-state index in [1.807, 2.05) is 41.8 Å². The first-order chi connectivity index (χ1) is 12.1. The van der Waals surface area contributed by atoms with Crippen LogP contribution >= 0.6 is 11.3 Å². The van der Waals surface area contributed by atoms with Crippen molar-refractivity contribution in [1.29, 1.82) is 5.41 Å². The van der Waals surface area contributed by atoms with Gasteiger partial charge in [0.1, 0.15) is 6.33 Å². The number of benzene rings is 1. The Labute approximate surface area is 148 Å². The van der Waals surface area contributed by atoms with E-state index in [2.05, 4.69) is 15.3 Å². The lowest BCUT2D eigenvalue weighted by molar-refractivity contribution is -0.129. The number of rotatable bonds is 3. The van der Waals surface area contributed by atoms with Crippen LogP contribution in [0.2, 0.25) is 0 Å². The van der Waals surface area contributed by atoms with Crippen LogP contribution in [0.3, 0.4) is 0 Å². The lowest BCUT2D eigenvalue weighted by Gasteiger charge is -2.26. The van der Waals surface area contributed by atoms with E-state index in [-0.39, 0.29) is 11.9 Å². The lowest BCUT2D eigenvalue weighted by atomic mass is 9.87. The highest BCUT2D eigenvalue weighted by Gasteiger charge is 2.51. The van der Waals surface area contributed by atoms with Crippen molar-refractivity contribution in [3.8, 4) is 11.1 Å². The monoisotopic (exact) mass is 349 g/mol. The Kier molecular flexibility index (Phi) is 3.58. The molecule has 1 fully saturated rings. The van der Waals surface area contributed by atoms with E-state index in [9.17, 15) is 4.79 Å². The average molecular weight is 349 g/mol. The van der Waals surface area contributed by atoms with Gasteiger partial charge in [-0.2, -0.15) is 0 Å². The molecule has 2 aromatic heterocycles. The van der Waals surface area contributed by atoms with Crippen molar-refractivity contribution in [2.45, 2.75) is 5.54 Å². The summed E-state index contributed by atoms with van der Waals surface area (Å²) in [7, 11) is 1.61. The average Bonchev–Trinajstić information content (AvgIpc) is 3.24. The number of aromatic nitrogens is 2. The number of nitrogens with zero attached hydrogens (tertiary/aromatic N) is 3. The van der Waals surface area contributed by atoms with Gasteiger partial charge in [0.15, 0.2) is 11.5 Å². The van der Waals surface area contributed by atoms with Crippen molar-refractivity contribution in [1.82, 2.24) is 20.2 Å². The Morgan fingerprint density at radius 1 is 1.16 bits per heavy atom. The van der Waals surface area contributed by atoms with Crippen LogP contribution in [0.5, 0.6) is 0 Å². The number of amides is 1. The molecule has 1 atom stereocenters. The molecule has 0 aliphatic carbocycles. The van der Waals surface area contributed by atoms with Gasteiger partial charge in [-0.3, -0.25) is 15.1 Å². The normalized spacial score (nSPS) is 20.0. The summed E-state index contributed by atoms with van der Waals surface area (Å²) in [6, 6.07) is 11.5. The Bertz CT molecular complexity index is 940. The third-order valence-electron chi connectivity index (χ3n) is 4.34. The summed E-state index contributed by atoms with van der Waals surface area (Å²) >= 11 is 1.48. The van der Waals surface area contributed by atoms with Crippen LogP contribution in [0, 0.1) is 5.41 Å². The van der Waals surface area contributed by atoms with Gasteiger partial charge in [0.05, 0.1) is 0 Å². The first-order valence-corrected chi connectivity index (χ1v) is 8.55. The van der Waals surface area contributed by atoms with Gasteiger partial charge in [-0.05, 0) is 22.6 Å². The molecule has 3 aromatic rings. The third kappa shape index (κ3) is 2.32. The van der Waals surface area contributed by atoms with Crippen LogP contribution in [-0.2, 0) is 10.3 Å². The van der Waals surface area contributed by atoms with E-state index in [1.54, 1.807) is 19.4 Å². The lowest BCUT2D eigenvalue weighted by Crippen LogP contribution is -2.44. The summed E-state index contributed by atoms with van der Waals surface area (Å²) in [5, 5.41) is 13.2. The van der Waals surface area contributed by atoms with Crippen molar-refractivity contribution < 1.29 is 4.79 Å². The molecule has 0 spiro atoms. The van der Waals surface area contributed by atoms with Crippen LogP contribution in [0.1, 0.15) is 10.4 Å². The zero-order valence-corrected chi connectivity index (χ0v) is 14.2. The number of carbonyl (C=O) groups is 1. The molecule has 25 heavy (non-hydrogen) atoms. The van der Waals surface area contributed by atoms with Crippen LogP contribution < -0.4 is 5.32 Å². The highest BCUT2D eigenvalue weighted by Crippen LogP contribution is 2.40. The van der Waals surface area contributed by atoms with Gasteiger partial charge in [0.2, 0.25) is 0 Å². The highest BCUT2D eigenvalue weighted by molar-refractivity contribution is 7.10. The molecule has 1 aliphatic heterocycles. The first kappa shape index (κ1) is 15.5. The largest absolute Gasteiger partial charge is 0.334 e. The van der Waals surface area contributed by atoms with Crippen LogP contribution in [0.25, 0.3) is 11.1 Å². The van der Waals surface area contributed by atoms with Gasteiger partial charge < -0.3 is 5.32 Å². The van der Waals surface area contributed by atoms with Crippen LogP contribution in [0.15, 0.2) is 60.5 Å². The summed E-state index contributed by atoms with van der Waals surface area (Å²) in [5.41, 5.74) is 1.58. The minimum Gasteiger partial charge on any atom is -0.334 e. The topological polar surface area (TPSA) is 82.0 Å². The predicted molar refractivity (Wildman–Crippen MR) is 96.2 cm³/mol. The Balaban J connectivity index is 1.88. The van der Waals surface area contributed by atoms with E-state index >= 15 is 0 Å². The summed E-state index contributed by atoms with van der Waals surface area (Å²) in [4.78, 5) is 23.4. The summed E-state index contributed by atoms with van der Waals surface area (Å²) < 4.78 is 0. The molecular formula is C18H15N5OS. The van der Waals surface area contributed by atoms with E-state index in [0.717, 1.165) is 21.6 Å². The number of carbonyl (C=O) groups excluding carboxylic acids is 1. The molecule has 1 aliphatic rings. The number of hydrogen-bond acceptors (Lipinski definition) is 5. The molecule has 1 amide bonds. The quantitative estimate of drug-likeness (QED) is 0.761. The molecule has 3 heterocycles. The van der Waals surface area contributed by atoms with E-state index < -0.39 is 5.54 Å². The van der Waals surface area contributed by atoms with Crippen LogP contribution in [0.4, 0.5) is 0 Å². The summed E-state index contributed by atoms with van der Waals surface area (Å²) in [6.45, 7) is 0. The second kappa shape index (κ2) is 5.78. The van der Waals surface area contributed by atoms with Crippen LogP contribution in [-0.4, -0.2) is 33.8 Å². The molecule has 6 nitrogen and oxygen atoms in total. The Morgan fingerprint density at radius 3 is 2.52 bits per heavy atom. The predicted octanol–water partition coefficient (Wildman–Crippen LogP) is 2.45. The fourth-order valence-corrected chi connectivity index (χ4v) is 4.08.